The van der Waals surface area contributed by atoms with Gasteiger partial charge in [0.05, 0.1) is 36.8 Å². The molecule has 10 nitrogen and oxygen atoms in total. The predicted octanol–water partition coefficient (Wildman–Crippen LogP) is 3.59. The molecule has 1 unspecified atom stereocenters. The van der Waals surface area contributed by atoms with Crippen LogP contribution < -0.4 is 15.0 Å². The number of anilines is 1. The van der Waals surface area contributed by atoms with Crippen LogP contribution in [0.5, 0.6) is 5.75 Å². The van der Waals surface area contributed by atoms with E-state index < -0.39 is 0 Å². The molecule has 2 aliphatic rings. The average Bonchev–Trinajstić information content (AvgIpc) is 3.57. The molecule has 0 spiro atoms. The zero-order chi connectivity index (χ0) is 24.5. The van der Waals surface area contributed by atoms with Crippen molar-refractivity contribution in [1.82, 2.24) is 40.7 Å². The number of aromatic nitrogens is 7. The lowest BCUT2D eigenvalue weighted by Gasteiger charge is -2.35. The van der Waals surface area contributed by atoms with Crippen molar-refractivity contribution in [2.75, 3.05) is 31.6 Å². The third-order valence-electron chi connectivity index (χ3n) is 7.72. The first-order valence-corrected chi connectivity index (χ1v) is 12.9. The molecule has 1 aromatic carbocycles. The van der Waals surface area contributed by atoms with E-state index >= 15 is 0 Å². The Morgan fingerprint density at radius 2 is 2.06 bits per heavy atom. The molecule has 1 saturated heterocycles. The highest BCUT2D eigenvalue weighted by Crippen LogP contribution is 2.31. The summed E-state index contributed by atoms with van der Waals surface area (Å²) >= 11 is 0. The molecule has 6 rings (SSSR count). The van der Waals surface area contributed by atoms with Crippen molar-refractivity contribution in [2.45, 2.75) is 51.1 Å². The minimum atomic E-state index is -0.100. The van der Waals surface area contributed by atoms with Crippen molar-refractivity contribution in [3.05, 3.63) is 42.4 Å². The number of rotatable bonds is 8. The fourth-order valence-electron chi connectivity index (χ4n) is 5.19. The predicted molar refractivity (Wildman–Crippen MR) is 138 cm³/mol. The first-order chi connectivity index (χ1) is 17.7. The number of nitrogens with zero attached hydrogens (tertiary/aromatic N) is 7. The Labute approximate surface area is 210 Å². The van der Waals surface area contributed by atoms with Gasteiger partial charge in [-0.2, -0.15) is 10.2 Å². The molecule has 0 amide bonds. The number of hydrogen-bond donors (Lipinski definition) is 2. The topological polar surface area (TPSA) is 110 Å². The molecule has 4 aromatic rings. The van der Waals surface area contributed by atoms with E-state index in [0.717, 1.165) is 65.0 Å². The molecule has 188 valence electrons. The Balaban J connectivity index is 1.15. The summed E-state index contributed by atoms with van der Waals surface area (Å²) in [6, 6.07) is 8.45. The van der Waals surface area contributed by atoms with Gasteiger partial charge in [0.2, 0.25) is 0 Å². The maximum Gasteiger partial charge on any atom is 0.151 e. The second-order valence-corrected chi connectivity index (χ2v) is 10.1. The number of methoxy groups -OCH3 is 1. The van der Waals surface area contributed by atoms with Crippen LogP contribution in [0.15, 0.2) is 36.7 Å². The van der Waals surface area contributed by atoms with Crippen LogP contribution in [0.2, 0.25) is 0 Å². The highest BCUT2D eigenvalue weighted by Gasteiger charge is 2.24. The van der Waals surface area contributed by atoms with Crippen molar-refractivity contribution in [2.24, 2.45) is 5.92 Å². The first-order valence-electron chi connectivity index (χ1n) is 12.9. The van der Waals surface area contributed by atoms with Gasteiger partial charge < -0.3 is 15.0 Å². The number of nitrogens with one attached hydrogen (secondary N) is 2. The summed E-state index contributed by atoms with van der Waals surface area (Å²) in [6.07, 6.45) is 10.3. The summed E-state index contributed by atoms with van der Waals surface area (Å²) in [5, 5.41) is 29.9. The number of ether oxygens (including phenoxy) is 1. The maximum absolute atomic E-state index is 5.45. The van der Waals surface area contributed by atoms with Gasteiger partial charge in [-0.1, -0.05) is 11.6 Å². The van der Waals surface area contributed by atoms with Crippen molar-refractivity contribution >= 4 is 16.7 Å². The largest absolute Gasteiger partial charge is 0.497 e. The minimum Gasteiger partial charge on any atom is -0.497 e. The van der Waals surface area contributed by atoms with Crippen molar-refractivity contribution in [1.29, 1.82) is 0 Å². The highest BCUT2D eigenvalue weighted by molar-refractivity contribution is 5.94. The summed E-state index contributed by atoms with van der Waals surface area (Å²) in [5.41, 5.74) is 3.42. The Kier molecular flexibility index (Phi) is 6.27. The maximum atomic E-state index is 5.45. The quantitative estimate of drug-likeness (QED) is 0.388. The molecule has 2 N–H and O–H groups in total. The van der Waals surface area contributed by atoms with E-state index in [1.54, 1.807) is 13.3 Å². The van der Waals surface area contributed by atoms with Gasteiger partial charge in [-0.15, -0.1) is 10.2 Å². The number of aromatic amines is 1. The van der Waals surface area contributed by atoms with E-state index in [1.807, 2.05) is 23.0 Å². The van der Waals surface area contributed by atoms with Gasteiger partial charge in [0.1, 0.15) is 11.4 Å². The second kappa shape index (κ2) is 9.85. The number of hydrogen-bond acceptors (Lipinski definition) is 8. The van der Waals surface area contributed by atoms with E-state index in [1.165, 1.54) is 32.1 Å². The summed E-state index contributed by atoms with van der Waals surface area (Å²) < 4.78 is 7.27. The Morgan fingerprint density at radius 3 is 2.83 bits per heavy atom. The van der Waals surface area contributed by atoms with E-state index in [4.69, 9.17) is 4.74 Å². The molecule has 2 fully saturated rings. The average molecular weight is 488 g/mol. The van der Waals surface area contributed by atoms with E-state index in [2.05, 4.69) is 60.0 Å². The Bertz CT molecular complexity index is 1310. The molecular weight excluding hydrogens is 454 g/mol. The van der Waals surface area contributed by atoms with Crippen LogP contribution >= 0.6 is 0 Å². The van der Waals surface area contributed by atoms with Crippen molar-refractivity contribution in [3.8, 4) is 17.0 Å². The lowest BCUT2D eigenvalue weighted by molar-refractivity contribution is 0.280. The summed E-state index contributed by atoms with van der Waals surface area (Å²) in [5.74, 6) is 2.57. The van der Waals surface area contributed by atoms with Gasteiger partial charge in [-0.05, 0) is 63.3 Å². The first kappa shape index (κ1) is 22.9. The molecule has 1 saturated carbocycles. The van der Waals surface area contributed by atoms with Crippen LogP contribution in [-0.4, -0.2) is 68.2 Å². The standard InChI is InChI=1S/C26H33N9O/c1-17(35-16-25(31-33-35)21-11-20(36-2)12-24-22(21)14-28-29-24)23-8-9-26(32-30-23)34-10-4-7-19(15-34)27-13-18-5-3-6-18/h8-9,11-12,14,16-19,27H,3-7,10,13,15H2,1-2H3,(H,28,29)/t17?,19-/m1/s1. The molecule has 36 heavy (non-hydrogen) atoms. The van der Waals surface area contributed by atoms with Crippen LogP contribution in [0.1, 0.15) is 50.8 Å². The zero-order valence-electron chi connectivity index (χ0n) is 20.9. The Morgan fingerprint density at radius 1 is 1.14 bits per heavy atom. The third-order valence-corrected chi connectivity index (χ3v) is 7.72. The Hall–Kier alpha value is -3.53. The monoisotopic (exact) mass is 487 g/mol. The normalized spacial score (nSPS) is 19.4. The van der Waals surface area contributed by atoms with Gasteiger partial charge in [0, 0.05) is 36.1 Å². The van der Waals surface area contributed by atoms with E-state index in [-0.39, 0.29) is 6.04 Å². The van der Waals surface area contributed by atoms with Gasteiger partial charge in [0.25, 0.3) is 0 Å². The van der Waals surface area contributed by atoms with Crippen LogP contribution in [0, 0.1) is 5.92 Å². The lowest BCUT2D eigenvalue weighted by Crippen LogP contribution is -2.47. The zero-order valence-corrected chi connectivity index (χ0v) is 20.9. The summed E-state index contributed by atoms with van der Waals surface area (Å²) in [7, 11) is 1.65. The third kappa shape index (κ3) is 4.53. The van der Waals surface area contributed by atoms with Crippen LogP contribution in [0.4, 0.5) is 5.82 Å². The van der Waals surface area contributed by atoms with Crippen LogP contribution in [0.3, 0.4) is 0 Å². The molecule has 2 atom stereocenters. The second-order valence-electron chi connectivity index (χ2n) is 10.1. The van der Waals surface area contributed by atoms with Gasteiger partial charge in [0.15, 0.2) is 5.82 Å². The highest BCUT2D eigenvalue weighted by atomic mass is 16.5. The van der Waals surface area contributed by atoms with Crippen LogP contribution in [-0.2, 0) is 0 Å². The molecule has 3 aromatic heterocycles. The number of benzene rings is 1. The van der Waals surface area contributed by atoms with E-state index in [9.17, 15) is 0 Å². The van der Waals surface area contributed by atoms with Crippen LogP contribution in [0.25, 0.3) is 22.2 Å². The van der Waals surface area contributed by atoms with Gasteiger partial charge >= 0.3 is 0 Å². The number of H-pyrrole nitrogens is 1. The minimum absolute atomic E-state index is 0.100. The summed E-state index contributed by atoms with van der Waals surface area (Å²) in [6.45, 7) is 5.23. The molecule has 0 radical (unpaired) electrons. The van der Waals surface area contributed by atoms with Gasteiger partial charge in [-0.3, -0.25) is 5.10 Å². The smallest absolute Gasteiger partial charge is 0.151 e. The lowest BCUT2D eigenvalue weighted by atomic mass is 9.85. The summed E-state index contributed by atoms with van der Waals surface area (Å²) in [4.78, 5) is 2.36. The molecule has 4 heterocycles. The number of fused-ring (bicyclic) bond motifs is 1. The fraction of sp³-hybridized carbons (Fsp3) is 0.500. The van der Waals surface area contributed by atoms with E-state index in [0.29, 0.717) is 6.04 Å². The number of piperidine rings is 1. The van der Waals surface area contributed by atoms with Crippen molar-refractivity contribution < 1.29 is 4.74 Å². The molecular formula is C26H33N9O. The molecule has 1 aliphatic heterocycles. The van der Waals surface area contributed by atoms with Gasteiger partial charge in [-0.25, -0.2) is 4.68 Å². The molecule has 0 bridgehead atoms. The molecule has 1 aliphatic carbocycles. The SMILES string of the molecule is COc1cc(-c2cn(C(C)c3ccc(N4CCC[C@@H](NCC5CCC5)C4)nn3)nn2)c2cn[nH]c2c1. The fourth-order valence-corrected chi connectivity index (χ4v) is 5.19. The van der Waals surface area contributed by atoms with Crippen molar-refractivity contribution in [3.63, 3.8) is 0 Å². The molecule has 10 heteroatoms.